The Labute approximate surface area is 128 Å². The Hall–Kier alpha value is -0.890. The van der Waals surface area contributed by atoms with Gasteiger partial charge in [0, 0.05) is 0 Å². The van der Waals surface area contributed by atoms with Gasteiger partial charge in [0.1, 0.15) is 12.4 Å². The van der Waals surface area contributed by atoms with Crippen molar-refractivity contribution >= 4 is 34.8 Å². The van der Waals surface area contributed by atoms with Crippen LogP contribution in [0.25, 0.3) is 0 Å². The molecule has 19 heavy (non-hydrogen) atoms. The molecular weight excluding hydrogens is 303 g/mol. The second kappa shape index (κ2) is 7.04. The summed E-state index contributed by atoms with van der Waals surface area (Å²) in [5.41, 5.74) is 2.27. The minimum Gasteiger partial charge on any atom is -0.492 e. The van der Waals surface area contributed by atoms with Gasteiger partial charge in [-0.1, -0.05) is 41.4 Å². The Bertz CT molecular complexity index is 555. The highest BCUT2D eigenvalue weighted by molar-refractivity contribution is 6.42. The maximum Gasteiger partial charge on any atom is 0.119 e. The Morgan fingerprint density at radius 3 is 2.42 bits per heavy atom. The Balaban J connectivity index is 2.11. The molecule has 1 nitrogen and oxygen atoms in total. The van der Waals surface area contributed by atoms with Crippen molar-refractivity contribution in [3.05, 3.63) is 63.6 Å². The molecule has 2 aromatic carbocycles. The smallest absolute Gasteiger partial charge is 0.119 e. The topological polar surface area (TPSA) is 9.23 Å². The van der Waals surface area contributed by atoms with Gasteiger partial charge in [-0.15, -0.1) is 11.6 Å². The summed E-state index contributed by atoms with van der Waals surface area (Å²) in [6.45, 7) is 0.512. The second-order valence-corrected chi connectivity index (χ2v) is 5.30. The molecule has 0 atom stereocenters. The molecule has 0 aromatic heterocycles. The molecule has 0 saturated heterocycles. The summed E-state index contributed by atoms with van der Waals surface area (Å²) in [5, 5.41) is 1.15. The first kappa shape index (κ1) is 14.5. The summed E-state index contributed by atoms with van der Waals surface area (Å²) < 4.78 is 5.50. The summed E-state index contributed by atoms with van der Waals surface area (Å²) >= 11 is 17.5. The maximum absolute atomic E-state index is 6.01. The van der Waals surface area contributed by atoms with Crippen molar-refractivity contribution in [2.24, 2.45) is 0 Å². The van der Waals surface area contributed by atoms with Gasteiger partial charge in [-0.3, -0.25) is 0 Å². The maximum atomic E-state index is 6.01. The SMILES string of the molecule is ClCCOc1cccc(Cc2ccc(Cl)c(Cl)c2)c1. The van der Waals surface area contributed by atoms with Crippen LogP contribution in [0.15, 0.2) is 42.5 Å². The molecule has 0 amide bonds. The van der Waals surface area contributed by atoms with Crippen molar-refractivity contribution < 1.29 is 4.74 Å². The van der Waals surface area contributed by atoms with Crippen LogP contribution in [-0.2, 0) is 6.42 Å². The van der Waals surface area contributed by atoms with Gasteiger partial charge in [0.05, 0.1) is 15.9 Å². The second-order valence-electron chi connectivity index (χ2n) is 4.11. The van der Waals surface area contributed by atoms with Crippen molar-refractivity contribution in [2.45, 2.75) is 6.42 Å². The average Bonchev–Trinajstić information content (AvgIpc) is 2.41. The molecule has 0 saturated carbocycles. The molecule has 0 radical (unpaired) electrons. The van der Waals surface area contributed by atoms with Crippen LogP contribution in [0.1, 0.15) is 11.1 Å². The Kier molecular flexibility index (Phi) is 5.38. The van der Waals surface area contributed by atoms with E-state index in [2.05, 4.69) is 6.07 Å². The van der Waals surface area contributed by atoms with Gasteiger partial charge in [0.2, 0.25) is 0 Å². The molecule has 0 aliphatic heterocycles. The third-order valence-corrected chi connectivity index (χ3v) is 3.53. The molecule has 0 N–H and O–H groups in total. The van der Waals surface area contributed by atoms with E-state index in [0.29, 0.717) is 22.5 Å². The van der Waals surface area contributed by atoms with E-state index < -0.39 is 0 Å². The van der Waals surface area contributed by atoms with Crippen LogP contribution in [0, 0.1) is 0 Å². The van der Waals surface area contributed by atoms with E-state index >= 15 is 0 Å². The van der Waals surface area contributed by atoms with Gasteiger partial charge in [-0.05, 0) is 41.8 Å². The zero-order valence-electron chi connectivity index (χ0n) is 10.2. The van der Waals surface area contributed by atoms with Crippen LogP contribution in [0.4, 0.5) is 0 Å². The average molecular weight is 316 g/mol. The van der Waals surface area contributed by atoms with Gasteiger partial charge >= 0.3 is 0 Å². The van der Waals surface area contributed by atoms with Crippen molar-refractivity contribution in [2.75, 3.05) is 12.5 Å². The van der Waals surface area contributed by atoms with Gasteiger partial charge < -0.3 is 4.74 Å². The molecule has 0 bridgehead atoms. The Morgan fingerprint density at radius 2 is 1.68 bits per heavy atom. The zero-order chi connectivity index (χ0) is 13.7. The highest BCUT2D eigenvalue weighted by Crippen LogP contribution is 2.24. The van der Waals surface area contributed by atoms with Gasteiger partial charge in [0.25, 0.3) is 0 Å². The molecule has 2 rings (SSSR count). The number of alkyl halides is 1. The third-order valence-electron chi connectivity index (χ3n) is 2.64. The summed E-state index contributed by atoms with van der Waals surface area (Å²) in [5.74, 6) is 1.31. The fraction of sp³-hybridized carbons (Fsp3) is 0.200. The van der Waals surface area contributed by atoms with Gasteiger partial charge in [-0.2, -0.15) is 0 Å². The Morgan fingerprint density at radius 1 is 0.895 bits per heavy atom. The predicted molar refractivity (Wildman–Crippen MR) is 81.9 cm³/mol. The molecule has 0 spiro atoms. The number of rotatable bonds is 5. The summed E-state index contributed by atoms with van der Waals surface area (Å²) in [4.78, 5) is 0. The highest BCUT2D eigenvalue weighted by Gasteiger charge is 2.02. The minimum atomic E-state index is 0.483. The van der Waals surface area contributed by atoms with E-state index in [4.69, 9.17) is 39.5 Å². The normalized spacial score (nSPS) is 10.5. The fourth-order valence-corrected chi connectivity index (χ4v) is 2.18. The first-order valence-corrected chi connectivity index (χ1v) is 7.19. The number of ether oxygens (including phenoxy) is 1. The van der Waals surface area contributed by atoms with Crippen LogP contribution in [-0.4, -0.2) is 12.5 Å². The molecule has 4 heteroatoms. The standard InChI is InChI=1S/C15H13Cl3O/c16-6-7-19-13-3-1-2-11(9-13)8-12-4-5-14(17)15(18)10-12/h1-5,9-10H,6-8H2. The predicted octanol–water partition coefficient (Wildman–Crippen LogP) is 5.20. The molecule has 0 aliphatic carbocycles. The first-order chi connectivity index (χ1) is 9.19. The van der Waals surface area contributed by atoms with Crippen LogP contribution in [0.5, 0.6) is 5.75 Å². The van der Waals surface area contributed by atoms with Crippen LogP contribution < -0.4 is 4.74 Å². The van der Waals surface area contributed by atoms with Gasteiger partial charge in [-0.25, -0.2) is 0 Å². The molecular formula is C15H13Cl3O. The number of hydrogen-bond donors (Lipinski definition) is 0. The van der Waals surface area contributed by atoms with E-state index in [0.717, 1.165) is 23.3 Å². The van der Waals surface area contributed by atoms with E-state index in [1.54, 1.807) is 0 Å². The van der Waals surface area contributed by atoms with Crippen molar-refractivity contribution in [3.8, 4) is 5.75 Å². The molecule has 2 aromatic rings. The van der Waals surface area contributed by atoms with Crippen LogP contribution in [0.2, 0.25) is 10.0 Å². The lowest BCUT2D eigenvalue weighted by atomic mass is 10.0. The van der Waals surface area contributed by atoms with E-state index in [1.165, 1.54) is 0 Å². The summed E-state index contributed by atoms with van der Waals surface area (Å²) in [6.07, 6.45) is 0.787. The summed E-state index contributed by atoms with van der Waals surface area (Å²) in [6, 6.07) is 13.6. The summed E-state index contributed by atoms with van der Waals surface area (Å²) in [7, 11) is 0. The zero-order valence-corrected chi connectivity index (χ0v) is 12.5. The van der Waals surface area contributed by atoms with Gasteiger partial charge in [0.15, 0.2) is 0 Å². The lowest BCUT2D eigenvalue weighted by Crippen LogP contribution is -1.98. The number of hydrogen-bond acceptors (Lipinski definition) is 1. The van der Waals surface area contributed by atoms with Crippen molar-refractivity contribution in [1.82, 2.24) is 0 Å². The third kappa shape index (κ3) is 4.31. The monoisotopic (exact) mass is 314 g/mol. The van der Waals surface area contributed by atoms with Crippen molar-refractivity contribution in [3.63, 3.8) is 0 Å². The largest absolute Gasteiger partial charge is 0.492 e. The first-order valence-electron chi connectivity index (χ1n) is 5.90. The minimum absolute atomic E-state index is 0.483. The number of halogens is 3. The molecule has 0 aliphatic rings. The lowest BCUT2D eigenvalue weighted by molar-refractivity contribution is 0.342. The van der Waals surface area contributed by atoms with E-state index in [-0.39, 0.29) is 0 Å². The lowest BCUT2D eigenvalue weighted by Gasteiger charge is -2.07. The van der Waals surface area contributed by atoms with E-state index in [9.17, 15) is 0 Å². The molecule has 0 heterocycles. The van der Waals surface area contributed by atoms with Crippen LogP contribution in [0.3, 0.4) is 0 Å². The van der Waals surface area contributed by atoms with Crippen LogP contribution >= 0.6 is 34.8 Å². The fourth-order valence-electron chi connectivity index (χ4n) is 1.79. The molecule has 0 fully saturated rings. The van der Waals surface area contributed by atoms with E-state index in [1.807, 2.05) is 36.4 Å². The molecule has 100 valence electrons. The van der Waals surface area contributed by atoms with Crippen molar-refractivity contribution in [1.29, 1.82) is 0 Å². The molecule has 0 unspecified atom stereocenters. The number of benzene rings is 2. The highest BCUT2D eigenvalue weighted by atomic mass is 35.5. The quantitative estimate of drug-likeness (QED) is 0.689.